The standard InChI is InChI=1S/C12H12F5NO2S/c1-2-20-10(19)7-8(6-3-4-11(13,14)5-6)18-21-9(7)12(15,16)17/h6H,2-5H2,1H3. The second-order valence-corrected chi connectivity index (χ2v) is 5.56. The van der Waals surface area contributed by atoms with E-state index in [4.69, 9.17) is 0 Å². The van der Waals surface area contributed by atoms with Crippen LogP contribution in [0, 0.1) is 0 Å². The first-order valence-corrected chi connectivity index (χ1v) is 7.04. The molecule has 1 aromatic heterocycles. The minimum absolute atomic E-state index is 0.000432. The molecule has 0 spiro atoms. The van der Waals surface area contributed by atoms with Crippen LogP contribution in [-0.4, -0.2) is 22.9 Å². The molecule has 1 aliphatic rings. The lowest BCUT2D eigenvalue weighted by Crippen LogP contribution is -2.16. The summed E-state index contributed by atoms with van der Waals surface area (Å²) in [7, 11) is 0. The van der Waals surface area contributed by atoms with Gasteiger partial charge in [0.25, 0.3) is 0 Å². The number of halogens is 5. The summed E-state index contributed by atoms with van der Waals surface area (Å²) in [5.41, 5.74) is -0.931. The van der Waals surface area contributed by atoms with Crippen molar-refractivity contribution in [2.24, 2.45) is 0 Å². The average molecular weight is 329 g/mol. The van der Waals surface area contributed by atoms with Gasteiger partial charge in [-0.2, -0.15) is 17.5 Å². The van der Waals surface area contributed by atoms with E-state index in [0.717, 1.165) is 0 Å². The number of rotatable bonds is 3. The van der Waals surface area contributed by atoms with E-state index in [1.54, 1.807) is 0 Å². The van der Waals surface area contributed by atoms with Crippen LogP contribution in [-0.2, 0) is 10.9 Å². The number of ether oxygens (including phenoxy) is 1. The summed E-state index contributed by atoms with van der Waals surface area (Å²) >= 11 is 0.104. The molecule has 2 rings (SSSR count). The van der Waals surface area contributed by atoms with Gasteiger partial charge in [-0.05, 0) is 24.9 Å². The number of aromatic nitrogens is 1. The zero-order valence-corrected chi connectivity index (χ0v) is 11.8. The SMILES string of the molecule is CCOC(=O)c1c(C2CCC(F)(F)C2)nsc1C(F)(F)F. The van der Waals surface area contributed by atoms with E-state index >= 15 is 0 Å². The van der Waals surface area contributed by atoms with Crippen molar-refractivity contribution < 1.29 is 31.5 Å². The van der Waals surface area contributed by atoms with Crippen molar-refractivity contribution in [1.29, 1.82) is 0 Å². The van der Waals surface area contributed by atoms with Crippen LogP contribution in [0.4, 0.5) is 22.0 Å². The lowest BCUT2D eigenvalue weighted by Gasteiger charge is -2.12. The number of carbonyl (C=O) groups excluding carboxylic acids is 1. The van der Waals surface area contributed by atoms with Crippen molar-refractivity contribution in [2.45, 2.75) is 44.2 Å². The molecule has 0 bridgehead atoms. The number of carbonyl (C=O) groups is 1. The van der Waals surface area contributed by atoms with E-state index in [9.17, 15) is 26.7 Å². The predicted molar refractivity (Wildman–Crippen MR) is 64.6 cm³/mol. The molecule has 0 aromatic carbocycles. The van der Waals surface area contributed by atoms with Crippen molar-refractivity contribution in [1.82, 2.24) is 4.37 Å². The maximum absolute atomic E-state index is 13.2. The average Bonchev–Trinajstić information content (AvgIpc) is 2.91. The Kier molecular flexibility index (Phi) is 4.23. The van der Waals surface area contributed by atoms with Gasteiger partial charge in [-0.3, -0.25) is 0 Å². The molecule has 1 unspecified atom stereocenters. The fourth-order valence-electron chi connectivity index (χ4n) is 2.36. The number of hydrogen-bond acceptors (Lipinski definition) is 4. The van der Waals surface area contributed by atoms with Gasteiger partial charge in [0.2, 0.25) is 5.92 Å². The smallest absolute Gasteiger partial charge is 0.428 e. The summed E-state index contributed by atoms with van der Waals surface area (Å²) < 4.78 is 73.5. The van der Waals surface area contributed by atoms with E-state index in [1.807, 2.05) is 0 Å². The van der Waals surface area contributed by atoms with Gasteiger partial charge in [0, 0.05) is 18.8 Å². The van der Waals surface area contributed by atoms with Gasteiger partial charge in [-0.25, -0.2) is 13.6 Å². The Hall–Kier alpha value is -1.25. The second kappa shape index (κ2) is 5.51. The lowest BCUT2D eigenvalue weighted by atomic mass is 9.98. The lowest BCUT2D eigenvalue weighted by molar-refractivity contribution is -0.134. The highest BCUT2D eigenvalue weighted by molar-refractivity contribution is 7.06. The van der Waals surface area contributed by atoms with E-state index in [1.165, 1.54) is 6.92 Å². The molecule has 1 aromatic rings. The molecule has 0 amide bonds. The Balaban J connectivity index is 2.42. The first kappa shape index (κ1) is 16.1. The van der Waals surface area contributed by atoms with Crippen LogP contribution < -0.4 is 0 Å². The molecule has 0 saturated heterocycles. The normalized spacial score (nSPS) is 21.5. The largest absolute Gasteiger partial charge is 0.462 e. The molecule has 0 aliphatic heterocycles. The molecular formula is C12H12F5NO2S. The molecule has 1 aliphatic carbocycles. The van der Waals surface area contributed by atoms with Gasteiger partial charge in [-0.15, -0.1) is 0 Å². The van der Waals surface area contributed by atoms with Crippen molar-refractivity contribution >= 4 is 17.5 Å². The Labute approximate surface area is 121 Å². The van der Waals surface area contributed by atoms with Gasteiger partial charge < -0.3 is 4.74 Å². The van der Waals surface area contributed by atoms with Gasteiger partial charge in [0.15, 0.2) is 0 Å². The third-order valence-electron chi connectivity index (χ3n) is 3.25. The summed E-state index contributed by atoms with van der Waals surface area (Å²) in [4.78, 5) is 10.6. The molecule has 1 saturated carbocycles. The maximum Gasteiger partial charge on any atom is 0.428 e. The third-order valence-corrected chi connectivity index (χ3v) is 4.15. The molecule has 118 valence electrons. The number of alkyl halides is 5. The van der Waals surface area contributed by atoms with E-state index in [-0.39, 0.29) is 30.3 Å². The highest BCUT2D eigenvalue weighted by Crippen LogP contribution is 2.47. The molecule has 1 atom stereocenters. The summed E-state index contributed by atoms with van der Waals surface area (Å²) in [6.07, 6.45) is -5.78. The van der Waals surface area contributed by atoms with Crippen LogP contribution in [0.3, 0.4) is 0 Å². The zero-order valence-electron chi connectivity index (χ0n) is 11.0. The molecule has 1 heterocycles. The van der Waals surface area contributed by atoms with E-state index < -0.39 is 47.3 Å². The number of hydrogen-bond donors (Lipinski definition) is 0. The fraction of sp³-hybridized carbons (Fsp3) is 0.667. The molecule has 3 nitrogen and oxygen atoms in total. The summed E-state index contributed by atoms with van der Waals surface area (Å²) in [6, 6.07) is 0. The van der Waals surface area contributed by atoms with Crippen molar-refractivity contribution in [2.75, 3.05) is 6.61 Å². The minimum atomic E-state index is -4.76. The molecule has 1 fully saturated rings. The van der Waals surface area contributed by atoms with Crippen LogP contribution in [0.15, 0.2) is 0 Å². The van der Waals surface area contributed by atoms with Crippen molar-refractivity contribution in [3.63, 3.8) is 0 Å². The van der Waals surface area contributed by atoms with Crippen LogP contribution >= 0.6 is 11.5 Å². The quantitative estimate of drug-likeness (QED) is 0.615. The Bertz CT molecular complexity index is 540. The van der Waals surface area contributed by atoms with E-state index in [0.29, 0.717) is 0 Å². The third kappa shape index (κ3) is 3.33. The van der Waals surface area contributed by atoms with Gasteiger partial charge >= 0.3 is 12.1 Å². The first-order valence-electron chi connectivity index (χ1n) is 6.27. The Morgan fingerprint density at radius 3 is 2.62 bits per heavy atom. The van der Waals surface area contributed by atoms with Crippen LogP contribution in [0.25, 0.3) is 0 Å². The maximum atomic E-state index is 13.2. The van der Waals surface area contributed by atoms with Crippen molar-refractivity contribution in [3.05, 3.63) is 16.1 Å². The molecule has 0 radical (unpaired) electrons. The van der Waals surface area contributed by atoms with Gasteiger partial charge in [-0.1, -0.05) is 0 Å². The van der Waals surface area contributed by atoms with Crippen LogP contribution in [0.5, 0.6) is 0 Å². The summed E-state index contributed by atoms with van der Waals surface area (Å²) in [5, 5.41) is 0. The number of esters is 1. The van der Waals surface area contributed by atoms with Crippen LogP contribution in [0.2, 0.25) is 0 Å². The second-order valence-electron chi connectivity index (χ2n) is 4.79. The summed E-state index contributed by atoms with van der Waals surface area (Å²) in [5.74, 6) is -4.95. The Morgan fingerprint density at radius 1 is 1.48 bits per heavy atom. The van der Waals surface area contributed by atoms with Gasteiger partial charge in [0.05, 0.1) is 12.3 Å². The Morgan fingerprint density at radius 2 is 2.14 bits per heavy atom. The monoisotopic (exact) mass is 329 g/mol. The predicted octanol–water partition coefficient (Wildman–Crippen LogP) is 4.24. The minimum Gasteiger partial charge on any atom is -0.462 e. The first-order chi connectivity index (χ1) is 9.65. The molecule has 0 N–H and O–H groups in total. The summed E-state index contributed by atoms with van der Waals surface area (Å²) in [6.45, 7) is 1.35. The zero-order chi connectivity index (χ0) is 15.8. The molecule has 9 heteroatoms. The molecular weight excluding hydrogens is 317 g/mol. The van der Waals surface area contributed by atoms with Crippen LogP contribution in [0.1, 0.15) is 53.0 Å². The van der Waals surface area contributed by atoms with Gasteiger partial charge in [0.1, 0.15) is 10.4 Å². The highest BCUT2D eigenvalue weighted by atomic mass is 32.1. The highest BCUT2D eigenvalue weighted by Gasteiger charge is 2.46. The van der Waals surface area contributed by atoms with Crippen molar-refractivity contribution in [3.8, 4) is 0 Å². The van der Waals surface area contributed by atoms with E-state index in [2.05, 4.69) is 9.11 Å². The molecule has 21 heavy (non-hydrogen) atoms. The number of nitrogens with zero attached hydrogens (tertiary/aromatic N) is 1. The topological polar surface area (TPSA) is 39.2 Å². The fourth-order valence-corrected chi connectivity index (χ4v) is 3.17.